The molecular formula is C5H4INS. The van der Waals surface area contributed by atoms with Crippen molar-refractivity contribution < 1.29 is 0 Å². The van der Waals surface area contributed by atoms with Gasteiger partial charge in [-0.05, 0) is 34.7 Å². The van der Waals surface area contributed by atoms with E-state index in [1.54, 1.807) is 6.20 Å². The maximum atomic E-state index is 4.07. The fourth-order valence-electron chi connectivity index (χ4n) is 0.368. The van der Waals surface area contributed by atoms with Crippen LogP contribution in [0.25, 0.3) is 0 Å². The molecule has 0 aliphatic carbocycles. The average molecular weight is 237 g/mol. The van der Waals surface area contributed by atoms with Crippen molar-refractivity contribution in [1.29, 1.82) is 0 Å². The van der Waals surface area contributed by atoms with Gasteiger partial charge in [-0.2, -0.15) is 0 Å². The summed E-state index contributed by atoms with van der Waals surface area (Å²) in [5.41, 5.74) is 0. The van der Waals surface area contributed by atoms with Crippen LogP contribution in [0.5, 0.6) is 0 Å². The summed E-state index contributed by atoms with van der Waals surface area (Å²) in [7, 11) is 0. The van der Waals surface area contributed by atoms with E-state index >= 15 is 0 Å². The Bertz CT molecular complexity index is 151. The minimum atomic E-state index is 0.908. The number of halogens is 1. The molecule has 0 saturated carbocycles. The van der Waals surface area contributed by atoms with Crippen LogP contribution < -0.4 is 0 Å². The van der Waals surface area contributed by atoms with E-state index in [1.807, 2.05) is 12.1 Å². The van der Waals surface area contributed by atoms with Crippen LogP contribution in [0, 0.1) is 3.70 Å². The van der Waals surface area contributed by atoms with Crippen molar-refractivity contribution in [3.8, 4) is 0 Å². The van der Waals surface area contributed by atoms with E-state index in [1.165, 1.54) is 0 Å². The summed E-state index contributed by atoms with van der Waals surface area (Å²) in [4.78, 5) is 4.90. The summed E-state index contributed by atoms with van der Waals surface area (Å²) in [6.45, 7) is 0. The molecule has 0 unspecified atom stereocenters. The first-order chi connectivity index (χ1) is 3.79. The summed E-state index contributed by atoms with van der Waals surface area (Å²) in [5.74, 6) is 0. The van der Waals surface area contributed by atoms with Crippen LogP contribution in [0.15, 0.2) is 23.2 Å². The second-order valence-corrected chi connectivity index (χ2v) is 2.96. The molecule has 8 heavy (non-hydrogen) atoms. The van der Waals surface area contributed by atoms with Crippen LogP contribution in [0.1, 0.15) is 0 Å². The summed E-state index contributed by atoms with van der Waals surface area (Å²) in [6.07, 6.45) is 1.73. The molecule has 0 amide bonds. The first kappa shape index (κ1) is 6.35. The Morgan fingerprint density at radius 3 is 2.62 bits per heavy atom. The maximum absolute atomic E-state index is 4.07. The minimum absolute atomic E-state index is 0.908. The number of nitrogens with zero attached hydrogens (tertiary/aromatic N) is 1. The van der Waals surface area contributed by atoms with Crippen molar-refractivity contribution in [3.05, 3.63) is 22.0 Å². The smallest absolute Gasteiger partial charge is 0.101 e. The number of hydrogen-bond acceptors (Lipinski definition) is 2. The highest BCUT2D eigenvalue weighted by Crippen LogP contribution is 2.04. The monoisotopic (exact) mass is 237 g/mol. The standard InChI is InChI=1S/C5H4INS/c6-5-2-1-4(8)3-7-5/h1-3,8H. The Morgan fingerprint density at radius 2 is 2.25 bits per heavy atom. The van der Waals surface area contributed by atoms with E-state index in [-0.39, 0.29) is 0 Å². The molecular weight excluding hydrogens is 233 g/mol. The lowest BCUT2D eigenvalue weighted by Crippen LogP contribution is -1.75. The Hall–Kier alpha value is 0.230. The Labute approximate surface area is 67.1 Å². The van der Waals surface area contributed by atoms with Gasteiger partial charge in [-0.3, -0.25) is 0 Å². The topological polar surface area (TPSA) is 12.9 Å². The van der Waals surface area contributed by atoms with E-state index in [2.05, 4.69) is 40.2 Å². The van der Waals surface area contributed by atoms with Crippen LogP contribution in [-0.4, -0.2) is 4.98 Å². The third kappa shape index (κ3) is 1.63. The predicted molar refractivity (Wildman–Crippen MR) is 44.2 cm³/mol. The molecule has 1 nitrogen and oxygen atoms in total. The average Bonchev–Trinajstić information content (AvgIpc) is 1.77. The first-order valence-electron chi connectivity index (χ1n) is 2.09. The van der Waals surface area contributed by atoms with Gasteiger partial charge in [0.05, 0.1) is 0 Å². The summed E-state index contributed by atoms with van der Waals surface area (Å²) >= 11 is 6.22. The molecule has 0 aliphatic rings. The second-order valence-electron chi connectivity index (χ2n) is 1.34. The van der Waals surface area contributed by atoms with Gasteiger partial charge in [-0.1, -0.05) is 0 Å². The molecule has 1 heterocycles. The SMILES string of the molecule is Sc1ccc(I)nc1. The molecule has 0 radical (unpaired) electrons. The third-order valence-corrected chi connectivity index (χ3v) is 1.61. The van der Waals surface area contributed by atoms with E-state index < -0.39 is 0 Å². The molecule has 0 aliphatic heterocycles. The maximum Gasteiger partial charge on any atom is 0.101 e. The molecule has 0 N–H and O–H groups in total. The van der Waals surface area contributed by atoms with Gasteiger partial charge < -0.3 is 0 Å². The van der Waals surface area contributed by atoms with E-state index in [9.17, 15) is 0 Å². The van der Waals surface area contributed by atoms with Crippen molar-refractivity contribution in [2.24, 2.45) is 0 Å². The molecule has 0 saturated heterocycles. The highest BCUT2D eigenvalue weighted by molar-refractivity contribution is 14.1. The molecule has 1 aromatic rings. The Morgan fingerprint density at radius 1 is 1.50 bits per heavy atom. The molecule has 0 fully saturated rings. The largest absolute Gasteiger partial charge is 0.249 e. The lowest BCUT2D eigenvalue weighted by Gasteiger charge is -1.87. The zero-order valence-corrected chi connectivity index (χ0v) is 7.06. The third-order valence-electron chi connectivity index (χ3n) is 0.712. The molecule has 1 aromatic heterocycles. The fraction of sp³-hybridized carbons (Fsp3) is 0. The number of pyridine rings is 1. The molecule has 3 heteroatoms. The van der Waals surface area contributed by atoms with Crippen LogP contribution in [0.4, 0.5) is 0 Å². The highest BCUT2D eigenvalue weighted by Gasteiger charge is 1.83. The van der Waals surface area contributed by atoms with Crippen molar-refractivity contribution >= 4 is 35.2 Å². The zero-order chi connectivity index (χ0) is 5.98. The molecule has 42 valence electrons. The van der Waals surface area contributed by atoms with E-state index in [0.29, 0.717) is 0 Å². The number of aromatic nitrogens is 1. The van der Waals surface area contributed by atoms with Crippen LogP contribution in [0.2, 0.25) is 0 Å². The highest BCUT2D eigenvalue weighted by atomic mass is 127. The molecule has 0 atom stereocenters. The van der Waals surface area contributed by atoms with Gasteiger partial charge in [0.15, 0.2) is 0 Å². The van der Waals surface area contributed by atoms with Gasteiger partial charge in [-0.25, -0.2) is 4.98 Å². The van der Waals surface area contributed by atoms with Crippen LogP contribution >= 0.6 is 35.2 Å². The molecule has 0 bridgehead atoms. The zero-order valence-electron chi connectivity index (χ0n) is 4.00. The normalized spacial score (nSPS) is 9.25. The number of thiol groups is 1. The summed E-state index contributed by atoms with van der Waals surface area (Å²) < 4.78 is 1.00. The first-order valence-corrected chi connectivity index (χ1v) is 3.62. The van der Waals surface area contributed by atoms with Crippen molar-refractivity contribution in [2.75, 3.05) is 0 Å². The summed E-state index contributed by atoms with van der Waals surface area (Å²) in [5, 5.41) is 0. The minimum Gasteiger partial charge on any atom is -0.249 e. The second kappa shape index (κ2) is 2.68. The van der Waals surface area contributed by atoms with Crippen molar-refractivity contribution in [2.45, 2.75) is 4.90 Å². The molecule has 1 rings (SSSR count). The fourth-order valence-corrected chi connectivity index (χ4v) is 0.819. The van der Waals surface area contributed by atoms with E-state index in [4.69, 9.17) is 0 Å². The van der Waals surface area contributed by atoms with Gasteiger partial charge in [0.1, 0.15) is 3.70 Å². The number of hydrogen-bond donors (Lipinski definition) is 1. The molecule has 0 spiro atoms. The van der Waals surface area contributed by atoms with Gasteiger partial charge in [0.25, 0.3) is 0 Å². The van der Waals surface area contributed by atoms with Gasteiger partial charge in [0, 0.05) is 11.1 Å². The van der Waals surface area contributed by atoms with Gasteiger partial charge in [0.2, 0.25) is 0 Å². The Kier molecular flexibility index (Phi) is 2.13. The van der Waals surface area contributed by atoms with Gasteiger partial charge in [-0.15, -0.1) is 12.6 Å². The van der Waals surface area contributed by atoms with Crippen molar-refractivity contribution in [1.82, 2.24) is 4.98 Å². The summed E-state index contributed by atoms with van der Waals surface area (Å²) in [6, 6.07) is 3.83. The molecule has 0 aromatic carbocycles. The van der Waals surface area contributed by atoms with Crippen LogP contribution in [0.3, 0.4) is 0 Å². The number of rotatable bonds is 0. The van der Waals surface area contributed by atoms with Crippen molar-refractivity contribution in [3.63, 3.8) is 0 Å². The van der Waals surface area contributed by atoms with Gasteiger partial charge >= 0.3 is 0 Å². The quantitative estimate of drug-likeness (QED) is 0.413. The van der Waals surface area contributed by atoms with Crippen LogP contribution in [-0.2, 0) is 0 Å². The Balaban J connectivity index is 3.03. The lowest BCUT2D eigenvalue weighted by atomic mass is 10.5. The van der Waals surface area contributed by atoms with E-state index in [0.717, 1.165) is 8.60 Å². The lowest BCUT2D eigenvalue weighted by molar-refractivity contribution is 1.20. The predicted octanol–water partition coefficient (Wildman–Crippen LogP) is 1.97.